The Morgan fingerprint density at radius 1 is 1.13 bits per heavy atom. The van der Waals surface area contributed by atoms with Crippen molar-refractivity contribution in [3.63, 3.8) is 0 Å². The third-order valence-corrected chi connectivity index (χ3v) is 5.93. The van der Waals surface area contributed by atoms with Gasteiger partial charge in [-0.3, -0.25) is 4.98 Å². The van der Waals surface area contributed by atoms with Gasteiger partial charge in [-0.05, 0) is 70.1 Å². The van der Waals surface area contributed by atoms with Crippen LogP contribution in [0.1, 0.15) is 61.9 Å². The van der Waals surface area contributed by atoms with Crippen LogP contribution in [-0.2, 0) is 19.4 Å². The quantitative estimate of drug-likeness (QED) is 0.605. The highest BCUT2D eigenvalue weighted by Crippen LogP contribution is 2.29. The fourth-order valence-electron chi connectivity index (χ4n) is 4.57. The zero-order valence-electron chi connectivity index (χ0n) is 18.9. The lowest BCUT2D eigenvalue weighted by atomic mass is 9.91. The third-order valence-electron chi connectivity index (χ3n) is 5.93. The average molecular weight is 406 g/mol. The summed E-state index contributed by atoms with van der Waals surface area (Å²) in [6.07, 6.45) is 5.43. The third kappa shape index (κ3) is 4.73. The molecule has 0 saturated carbocycles. The van der Waals surface area contributed by atoms with E-state index in [9.17, 15) is 0 Å². The summed E-state index contributed by atoms with van der Waals surface area (Å²) in [7, 11) is 4.26. The summed E-state index contributed by atoms with van der Waals surface area (Å²) in [4.78, 5) is 12.4. The van der Waals surface area contributed by atoms with Crippen molar-refractivity contribution in [3.8, 4) is 0 Å². The molecule has 0 radical (unpaired) electrons. The summed E-state index contributed by atoms with van der Waals surface area (Å²) in [5.74, 6) is 1.12. The van der Waals surface area contributed by atoms with E-state index in [-0.39, 0.29) is 0 Å². The molecule has 0 saturated heterocycles. The van der Waals surface area contributed by atoms with Gasteiger partial charge >= 0.3 is 0 Å². The number of hydrogen-bond donors (Lipinski definition) is 1. The molecule has 1 N–H and O–H groups in total. The maximum atomic E-state index is 5.14. The molecule has 0 bridgehead atoms. The molecule has 5 nitrogen and oxygen atoms in total. The monoisotopic (exact) mass is 405 g/mol. The molecule has 1 aromatic carbocycles. The lowest BCUT2D eigenvalue weighted by molar-refractivity contribution is 0.386. The summed E-state index contributed by atoms with van der Waals surface area (Å²) in [6, 6.07) is 13.8. The van der Waals surface area contributed by atoms with Crippen LogP contribution >= 0.6 is 0 Å². The maximum absolute atomic E-state index is 5.14. The number of fused-ring (bicyclic) bond motifs is 2. The molecular weight excluding hydrogens is 370 g/mol. The van der Waals surface area contributed by atoms with Crippen molar-refractivity contribution in [3.05, 3.63) is 59.2 Å². The zero-order valence-corrected chi connectivity index (χ0v) is 18.9. The molecule has 160 valence electrons. The highest BCUT2D eigenvalue weighted by molar-refractivity contribution is 5.76. The number of nitrogens with one attached hydrogen (secondary N) is 1. The molecule has 2 aromatic heterocycles. The van der Waals surface area contributed by atoms with E-state index in [0.29, 0.717) is 12.1 Å². The van der Waals surface area contributed by atoms with E-state index in [1.807, 2.05) is 0 Å². The first-order chi connectivity index (χ1) is 14.5. The molecule has 30 heavy (non-hydrogen) atoms. The highest BCUT2D eigenvalue weighted by Gasteiger charge is 2.23. The van der Waals surface area contributed by atoms with Gasteiger partial charge in [0.2, 0.25) is 0 Å². The molecule has 1 unspecified atom stereocenters. The smallest absolute Gasteiger partial charge is 0.115 e. The van der Waals surface area contributed by atoms with Crippen LogP contribution in [0.3, 0.4) is 0 Å². The fourth-order valence-corrected chi connectivity index (χ4v) is 4.57. The van der Waals surface area contributed by atoms with Gasteiger partial charge in [0.15, 0.2) is 0 Å². The number of para-hydroxylation sites is 2. The van der Waals surface area contributed by atoms with Crippen LogP contribution in [0.2, 0.25) is 0 Å². The average Bonchev–Trinajstić information content (AvgIpc) is 3.05. The van der Waals surface area contributed by atoms with Gasteiger partial charge in [0.1, 0.15) is 5.82 Å². The summed E-state index contributed by atoms with van der Waals surface area (Å²) >= 11 is 0. The minimum atomic E-state index is 0.368. The van der Waals surface area contributed by atoms with E-state index in [1.54, 1.807) is 0 Å². The van der Waals surface area contributed by atoms with Crippen LogP contribution < -0.4 is 5.32 Å². The summed E-state index contributed by atoms with van der Waals surface area (Å²) in [6.45, 7) is 6.49. The number of rotatable bonds is 8. The first-order valence-electron chi connectivity index (χ1n) is 11.3. The van der Waals surface area contributed by atoms with Crippen molar-refractivity contribution < 1.29 is 0 Å². The fraction of sp³-hybridized carbons (Fsp3) is 0.520. The van der Waals surface area contributed by atoms with Crippen molar-refractivity contribution in [2.75, 3.05) is 20.6 Å². The maximum Gasteiger partial charge on any atom is 0.115 e. The van der Waals surface area contributed by atoms with E-state index in [4.69, 9.17) is 9.97 Å². The number of aryl methyl sites for hydroxylation is 2. The van der Waals surface area contributed by atoms with E-state index >= 15 is 0 Å². The Morgan fingerprint density at radius 2 is 1.97 bits per heavy atom. The number of hydrogen-bond acceptors (Lipinski definition) is 4. The Kier molecular flexibility index (Phi) is 6.49. The van der Waals surface area contributed by atoms with Crippen LogP contribution in [0, 0.1) is 0 Å². The second-order valence-electron chi connectivity index (χ2n) is 9.12. The number of aromatic nitrogens is 3. The molecule has 2 heterocycles. The summed E-state index contributed by atoms with van der Waals surface area (Å²) < 4.78 is 2.39. The molecule has 3 aromatic rings. The van der Waals surface area contributed by atoms with Crippen LogP contribution in [0.15, 0.2) is 36.4 Å². The van der Waals surface area contributed by atoms with Gasteiger partial charge in [0.05, 0.1) is 16.7 Å². The van der Waals surface area contributed by atoms with Gasteiger partial charge in [-0.1, -0.05) is 32.0 Å². The topological polar surface area (TPSA) is 46.0 Å². The lowest BCUT2D eigenvalue weighted by Crippen LogP contribution is -2.31. The molecule has 1 aliphatic rings. The first-order valence-corrected chi connectivity index (χ1v) is 11.3. The molecule has 0 aliphatic heterocycles. The molecular formula is C25H35N5. The second-order valence-corrected chi connectivity index (χ2v) is 9.12. The SMILES string of the molecule is CC(C)NC1CCCc2ccc(Cc3nc4ccccc4n3CCCN(C)C)nc21. The largest absolute Gasteiger partial charge is 0.328 e. The minimum absolute atomic E-state index is 0.368. The molecule has 4 rings (SSSR count). The molecule has 1 aliphatic carbocycles. The number of pyridine rings is 1. The van der Waals surface area contributed by atoms with E-state index in [0.717, 1.165) is 49.4 Å². The summed E-state index contributed by atoms with van der Waals surface area (Å²) in [5.41, 5.74) is 6.08. The van der Waals surface area contributed by atoms with Crippen molar-refractivity contribution in [2.24, 2.45) is 0 Å². The Morgan fingerprint density at radius 3 is 2.77 bits per heavy atom. The standard InChI is InChI=1S/C25H35N5/c1-18(2)26-22-11-7-9-19-13-14-20(27-25(19)22)17-24-28-21-10-5-6-12-23(21)30(24)16-8-15-29(3)4/h5-6,10,12-14,18,22,26H,7-9,11,15-17H2,1-4H3. The van der Waals surface area contributed by atoms with E-state index in [1.165, 1.54) is 29.6 Å². The Labute approximate surface area is 180 Å². The number of imidazole rings is 1. The van der Waals surface area contributed by atoms with Crippen LogP contribution in [0.25, 0.3) is 11.0 Å². The van der Waals surface area contributed by atoms with E-state index in [2.05, 4.69) is 79.1 Å². The van der Waals surface area contributed by atoms with Gasteiger partial charge in [0.25, 0.3) is 0 Å². The zero-order chi connectivity index (χ0) is 21.1. The normalized spacial score (nSPS) is 16.5. The predicted molar refractivity (Wildman–Crippen MR) is 124 cm³/mol. The van der Waals surface area contributed by atoms with E-state index < -0.39 is 0 Å². The van der Waals surface area contributed by atoms with Crippen molar-refractivity contribution >= 4 is 11.0 Å². The van der Waals surface area contributed by atoms with Crippen LogP contribution in [0.4, 0.5) is 0 Å². The van der Waals surface area contributed by atoms with Crippen molar-refractivity contribution in [2.45, 2.75) is 64.6 Å². The molecule has 1 atom stereocenters. The predicted octanol–water partition coefficient (Wildman–Crippen LogP) is 4.35. The Balaban J connectivity index is 1.62. The molecule has 0 spiro atoms. The second kappa shape index (κ2) is 9.27. The minimum Gasteiger partial charge on any atom is -0.328 e. The lowest BCUT2D eigenvalue weighted by Gasteiger charge is -2.27. The van der Waals surface area contributed by atoms with Crippen LogP contribution in [-0.4, -0.2) is 46.1 Å². The number of nitrogens with zero attached hydrogens (tertiary/aromatic N) is 4. The van der Waals surface area contributed by atoms with Gasteiger partial charge in [-0.15, -0.1) is 0 Å². The summed E-state index contributed by atoms with van der Waals surface area (Å²) in [5, 5.41) is 3.71. The van der Waals surface area contributed by atoms with Crippen molar-refractivity contribution in [1.29, 1.82) is 0 Å². The molecule has 0 amide bonds. The number of benzene rings is 1. The van der Waals surface area contributed by atoms with Crippen molar-refractivity contribution in [1.82, 2.24) is 24.8 Å². The Bertz CT molecular complexity index is 988. The first kappa shape index (κ1) is 21.0. The Hall–Kier alpha value is -2.24. The van der Waals surface area contributed by atoms with Gasteiger partial charge in [-0.2, -0.15) is 0 Å². The highest BCUT2D eigenvalue weighted by atomic mass is 15.1. The van der Waals surface area contributed by atoms with Crippen LogP contribution in [0.5, 0.6) is 0 Å². The van der Waals surface area contributed by atoms with Gasteiger partial charge in [-0.25, -0.2) is 4.98 Å². The molecule has 0 fully saturated rings. The van der Waals surface area contributed by atoms with Gasteiger partial charge < -0.3 is 14.8 Å². The van der Waals surface area contributed by atoms with Gasteiger partial charge in [0, 0.05) is 30.7 Å². The molecule has 5 heteroatoms.